The van der Waals surface area contributed by atoms with Gasteiger partial charge in [0.15, 0.2) is 5.13 Å². The third kappa shape index (κ3) is 1.87. The fourth-order valence-corrected chi connectivity index (χ4v) is 1.38. The van der Waals surface area contributed by atoms with E-state index in [1.807, 2.05) is 5.38 Å². The van der Waals surface area contributed by atoms with Crippen molar-refractivity contribution >= 4 is 29.1 Å². The molecule has 0 spiro atoms. The molecule has 0 aliphatic carbocycles. The lowest BCUT2D eigenvalue weighted by Crippen LogP contribution is -1.87. The maximum Gasteiger partial charge on any atom is 0.180 e. The summed E-state index contributed by atoms with van der Waals surface area (Å²) in [5, 5.41) is 2.61. The van der Waals surface area contributed by atoms with Gasteiger partial charge in [0.25, 0.3) is 0 Å². The molecular weight excluding hydrogens is 152 g/mol. The van der Waals surface area contributed by atoms with Gasteiger partial charge in [-0.15, -0.1) is 11.3 Å². The molecule has 0 aliphatic rings. The standard InChI is InChI=1S/C5H8N2S2/c6-5-7-4(1-2-8)3-9-5/h3,8H,1-2H2,(H2,6,7). The van der Waals surface area contributed by atoms with Gasteiger partial charge in [-0.2, -0.15) is 12.6 Å². The summed E-state index contributed by atoms with van der Waals surface area (Å²) in [6, 6.07) is 0. The summed E-state index contributed by atoms with van der Waals surface area (Å²) in [7, 11) is 0. The smallest absolute Gasteiger partial charge is 0.180 e. The van der Waals surface area contributed by atoms with Gasteiger partial charge in [-0.1, -0.05) is 0 Å². The van der Waals surface area contributed by atoms with E-state index in [2.05, 4.69) is 17.6 Å². The van der Waals surface area contributed by atoms with E-state index >= 15 is 0 Å². The number of thiazole rings is 1. The van der Waals surface area contributed by atoms with Crippen LogP contribution in [0.1, 0.15) is 5.69 Å². The summed E-state index contributed by atoms with van der Waals surface area (Å²) in [5.41, 5.74) is 6.44. The third-order valence-corrected chi connectivity index (χ3v) is 1.88. The number of nitrogens with zero attached hydrogens (tertiary/aromatic N) is 1. The van der Waals surface area contributed by atoms with E-state index in [0.29, 0.717) is 5.13 Å². The minimum atomic E-state index is 0.645. The Morgan fingerprint density at radius 1 is 1.78 bits per heavy atom. The van der Waals surface area contributed by atoms with Crippen molar-refractivity contribution in [1.29, 1.82) is 0 Å². The van der Waals surface area contributed by atoms with Crippen LogP contribution in [0.25, 0.3) is 0 Å². The Labute approximate surface area is 63.5 Å². The normalized spacial score (nSPS) is 9.89. The van der Waals surface area contributed by atoms with Crippen molar-refractivity contribution in [3.63, 3.8) is 0 Å². The summed E-state index contributed by atoms with van der Waals surface area (Å²) in [4.78, 5) is 4.05. The molecule has 50 valence electrons. The summed E-state index contributed by atoms with van der Waals surface area (Å²) >= 11 is 5.54. The highest BCUT2D eigenvalue weighted by molar-refractivity contribution is 7.80. The molecular formula is C5H8N2S2. The predicted octanol–water partition coefficient (Wildman–Crippen LogP) is 1.20. The van der Waals surface area contributed by atoms with E-state index in [4.69, 9.17) is 5.73 Å². The lowest BCUT2D eigenvalue weighted by Gasteiger charge is -1.85. The average molecular weight is 160 g/mol. The highest BCUT2D eigenvalue weighted by Crippen LogP contribution is 2.11. The molecule has 9 heavy (non-hydrogen) atoms. The second kappa shape index (κ2) is 3.08. The lowest BCUT2D eigenvalue weighted by atomic mass is 10.4. The molecule has 2 N–H and O–H groups in total. The highest BCUT2D eigenvalue weighted by Gasteiger charge is 1.94. The molecule has 1 aromatic heterocycles. The number of rotatable bonds is 2. The van der Waals surface area contributed by atoms with Crippen LogP contribution in [0, 0.1) is 0 Å². The maximum absolute atomic E-state index is 5.39. The number of nitrogens with two attached hydrogens (primary N) is 1. The number of aromatic nitrogens is 1. The molecule has 0 aromatic carbocycles. The Morgan fingerprint density at radius 3 is 3.00 bits per heavy atom. The van der Waals surface area contributed by atoms with Crippen molar-refractivity contribution in [3.05, 3.63) is 11.1 Å². The zero-order valence-corrected chi connectivity index (χ0v) is 6.58. The number of nitrogen functional groups attached to an aromatic ring is 1. The van der Waals surface area contributed by atoms with Crippen LogP contribution >= 0.6 is 24.0 Å². The fourth-order valence-electron chi connectivity index (χ4n) is 0.552. The molecule has 1 aromatic rings. The van der Waals surface area contributed by atoms with E-state index in [9.17, 15) is 0 Å². The first-order valence-electron chi connectivity index (χ1n) is 2.63. The van der Waals surface area contributed by atoms with Crippen LogP contribution in [0.4, 0.5) is 5.13 Å². The first kappa shape index (κ1) is 6.89. The average Bonchev–Trinajstić information content (AvgIpc) is 2.17. The van der Waals surface area contributed by atoms with Crippen LogP contribution in [0.2, 0.25) is 0 Å². The second-order valence-electron chi connectivity index (χ2n) is 1.65. The third-order valence-electron chi connectivity index (χ3n) is 0.937. The number of thiol groups is 1. The predicted molar refractivity (Wildman–Crippen MR) is 44.1 cm³/mol. The molecule has 0 bridgehead atoms. The van der Waals surface area contributed by atoms with Crippen LogP contribution in [-0.2, 0) is 6.42 Å². The Morgan fingerprint density at radius 2 is 2.56 bits per heavy atom. The summed E-state index contributed by atoms with van der Waals surface area (Å²) in [6.07, 6.45) is 0.914. The van der Waals surface area contributed by atoms with Gasteiger partial charge >= 0.3 is 0 Å². The zero-order valence-electron chi connectivity index (χ0n) is 4.87. The van der Waals surface area contributed by atoms with Crippen molar-refractivity contribution in [1.82, 2.24) is 4.98 Å². The van der Waals surface area contributed by atoms with Crippen molar-refractivity contribution < 1.29 is 0 Å². The molecule has 0 radical (unpaired) electrons. The SMILES string of the molecule is Nc1nc(CCS)cs1. The molecule has 1 rings (SSSR count). The van der Waals surface area contributed by atoms with E-state index in [-0.39, 0.29) is 0 Å². The molecule has 0 saturated carbocycles. The van der Waals surface area contributed by atoms with Gasteiger partial charge in [-0.3, -0.25) is 0 Å². The topological polar surface area (TPSA) is 38.9 Å². The maximum atomic E-state index is 5.39. The molecule has 0 amide bonds. The monoisotopic (exact) mass is 160 g/mol. The summed E-state index contributed by atoms with van der Waals surface area (Å²) in [6.45, 7) is 0. The molecule has 0 saturated heterocycles. The van der Waals surface area contributed by atoms with Crippen LogP contribution < -0.4 is 5.73 Å². The van der Waals surface area contributed by atoms with Crippen molar-refractivity contribution in [3.8, 4) is 0 Å². The highest BCUT2D eigenvalue weighted by atomic mass is 32.1. The first-order chi connectivity index (χ1) is 4.33. The van der Waals surface area contributed by atoms with Gasteiger partial charge in [-0.25, -0.2) is 4.98 Å². The Hall–Kier alpha value is -0.220. The zero-order chi connectivity index (χ0) is 6.69. The van der Waals surface area contributed by atoms with E-state index in [1.165, 1.54) is 11.3 Å². The largest absolute Gasteiger partial charge is 0.375 e. The Kier molecular flexibility index (Phi) is 2.36. The van der Waals surface area contributed by atoms with Crippen LogP contribution in [0.15, 0.2) is 5.38 Å². The van der Waals surface area contributed by atoms with Gasteiger partial charge in [0, 0.05) is 5.38 Å². The van der Waals surface area contributed by atoms with Crippen molar-refractivity contribution in [2.45, 2.75) is 6.42 Å². The molecule has 1 heterocycles. The van der Waals surface area contributed by atoms with Crippen molar-refractivity contribution in [2.24, 2.45) is 0 Å². The summed E-state index contributed by atoms with van der Waals surface area (Å²) < 4.78 is 0. The number of hydrogen-bond donors (Lipinski definition) is 2. The van der Waals surface area contributed by atoms with Gasteiger partial charge in [0.1, 0.15) is 0 Å². The Balaban J connectivity index is 2.61. The Bertz CT molecular complexity index is 185. The fraction of sp³-hybridized carbons (Fsp3) is 0.400. The molecule has 2 nitrogen and oxygen atoms in total. The van der Waals surface area contributed by atoms with E-state index < -0.39 is 0 Å². The second-order valence-corrected chi connectivity index (χ2v) is 2.99. The van der Waals surface area contributed by atoms with Crippen molar-refractivity contribution in [2.75, 3.05) is 11.5 Å². The van der Waals surface area contributed by atoms with Crippen LogP contribution in [0.3, 0.4) is 0 Å². The number of aryl methyl sites for hydroxylation is 1. The van der Waals surface area contributed by atoms with Gasteiger partial charge in [0.2, 0.25) is 0 Å². The molecule has 0 aliphatic heterocycles. The quantitative estimate of drug-likeness (QED) is 0.638. The number of anilines is 1. The molecule has 4 heteroatoms. The van der Waals surface area contributed by atoms with Gasteiger partial charge < -0.3 is 5.73 Å². The molecule has 0 unspecified atom stereocenters. The minimum absolute atomic E-state index is 0.645. The van der Waals surface area contributed by atoms with E-state index in [0.717, 1.165) is 17.9 Å². The van der Waals surface area contributed by atoms with Gasteiger partial charge in [-0.05, 0) is 12.2 Å². The first-order valence-corrected chi connectivity index (χ1v) is 4.15. The number of hydrogen-bond acceptors (Lipinski definition) is 4. The minimum Gasteiger partial charge on any atom is -0.375 e. The van der Waals surface area contributed by atoms with Gasteiger partial charge in [0.05, 0.1) is 5.69 Å². The van der Waals surface area contributed by atoms with E-state index in [1.54, 1.807) is 0 Å². The van der Waals surface area contributed by atoms with Crippen LogP contribution in [-0.4, -0.2) is 10.7 Å². The molecule has 0 fully saturated rings. The summed E-state index contributed by atoms with van der Waals surface area (Å²) in [5.74, 6) is 0.836. The molecule has 0 atom stereocenters. The lowest BCUT2D eigenvalue weighted by molar-refractivity contribution is 1.08. The van der Waals surface area contributed by atoms with Crippen LogP contribution in [0.5, 0.6) is 0 Å².